The van der Waals surface area contributed by atoms with Crippen molar-refractivity contribution in [2.24, 2.45) is 5.41 Å². The fourth-order valence-corrected chi connectivity index (χ4v) is 4.40. The molecule has 146 valence electrons. The Bertz CT molecular complexity index is 852. The molecule has 0 nitrogen and oxygen atoms in total. The van der Waals surface area contributed by atoms with Crippen molar-refractivity contribution >= 4 is 0 Å². The maximum Gasteiger partial charge on any atom is 0.357 e. The van der Waals surface area contributed by atoms with E-state index in [2.05, 4.69) is 0 Å². The first-order valence-electron chi connectivity index (χ1n) is 6.40. The van der Waals surface area contributed by atoms with Gasteiger partial charge in [0.25, 0.3) is 17.0 Å². The molecule has 0 amide bonds. The van der Waals surface area contributed by atoms with E-state index in [0.717, 1.165) is 0 Å². The summed E-state index contributed by atoms with van der Waals surface area (Å²) in [5.41, 5.74) is -28.2. The van der Waals surface area contributed by atoms with Gasteiger partial charge >= 0.3 is 23.7 Å². The fraction of sp³-hybridized carbons (Fsp3) is 0.667. The summed E-state index contributed by atoms with van der Waals surface area (Å²) in [6.45, 7) is 0. The van der Waals surface area contributed by atoms with Crippen LogP contribution in [0.4, 0.5) is 61.5 Å². The first kappa shape index (κ1) is 17.9. The van der Waals surface area contributed by atoms with Crippen LogP contribution in [0.25, 0.3) is 0 Å². The van der Waals surface area contributed by atoms with Crippen molar-refractivity contribution < 1.29 is 61.5 Å². The minimum absolute atomic E-state index is 3.60. The van der Waals surface area contributed by atoms with E-state index in [9.17, 15) is 61.5 Å². The van der Waals surface area contributed by atoms with Crippen LogP contribution in [0.5, 0.6) is 0 Å². The molecule has 4 atom stereocenters. The van der Waals surface area contributed by atoms with E-state index in [0.29, 0.717) is 0 Å². The Morgan fingerprint density at radius 3 is 1.42 bits per heavy atom. The van der Waals surface area contributed by atoms with Gasteiger partial charge in [-0.1, -0.05) is 0 Å². The van der Waals surface area contributed by atoms with E-state index in [1.165, 1.54) is 0 Å². The summed E-state index contributed by atoms with van der Waals surface area (Å²) in [5, 5.41) is 0. The Morgan fingerprint density at radius 1 is 0.500 bits per heavy atom. The Hall–Kier alpha value is -1.50. The molecule has 0 heterocycles. The Balaban J connectivity index is 2.31. The minimum Gasteiger partial charge on any atom is -0.228 e. The van der Waals surface area contributed by atoms with Crippen LogP contribution >= 0.6 is 0 Å². The summed E-state index contributed by atoms with van der Waals surface area (Å²) in [6.07, 6.45) is 0. The SMILES string of the molecule is FC1=C2[C@]3(F)C(F)=C(F)[C@@](F)(C(F)(F)C3(F)F)[C@]23C(F)(F)[C@]3(F)C1(F)F. The maximum atomic E-state index is 14.7. The van der Waals surface area contributed by atoms with Crippen molar-refractivity contribution in [1.29, 1.82) is 0 Å². The van der Waals surface area contributed by atoms with Gasteiger partial charge in [0.2, 0.25) is 0 Å². The van der Waals surface area contributed by atoms with Crippen LogP contribution in [-0.4, -0.2) is 40.7 Å². The number of hydrogen-bond donors (Lipinski definition) is 0. The van der Waals surface area contributed by atoms with Crippen LogP contribution in [0.3, 0.4) is 0 Å². The lowest BCUT2D eigenvalue weighted by atomic mass is 9.55. The average molecular weight is 410 g/mol. The van der Waals surface area contributed by atoms with Gasteiger partial charge in [0.05, 0.1) is 0 Å². The van der Waals surface area contributed by atoms with Crippen LogP contribution in [0.1, 0.15) is 0 Å². The smallest absolute Gasteiger partial charge is 0.228 e. The second-order valence-corrected chi connectivity index (χ2v) is 6.34. The molecule has 14 heteroatoms. The topological polar surface area (TPSA) is 0 Å². The number of hydrogen-bond acceptors (Lipinski definition) is 0. The molecule has 2 fully saturated rings. The molecule has 0 aliphatic heterocycles. The van der Waals surface area contributed by atoms with E-state index in [4.69, 9.17) is 0 Å². The van der Waals surface area contributed by atoms with E-state index in [1.807, 2.05) is 0 Å². The third-order valence-electron chi connectivity index (χ3n) is 5.58. The van der Waals surface area contributed by atoms with Gasteiger partial charge in [-0.05, 0) is 0 Å². The van der Waals surface area contributed by atoms with Crippen LogP contribution < -0.4 is 0 Å². The van der Waals surface area contributed by atoms with E-state index < -0.39 is 69.2 Å². The van der Waals surface area contributed by atoms with Crippen molar-refractivity contribution in [2.75, 3.05) is 0 Å². The second kappa shape index (κ2) is 3.48. The van der Waals surface area contributed by atoms with Crippen molar-refractivity contribution in [2.45, 2.75) is 40.7 Å². The van der Waals surface area contributed by atoms with Gasteiger partial charge in [-0.2, -0.15) is 26.3 Å². The second-order valence-electron chi connectivity index (χ2n) is 6.34. The quantitative estimate of drug-likeness (QED) is 0.490. The highest BCUT2D eigenvalue weighted by atomic mass is 19.3. The average Bonchev–Trinajstić information content (AvgIpc) is 2.84. The van der Waals surface area contributed by atoms with Crippen LogP contribution in [0, 0.1) is 5.41 Å². The van der Waals surface area contributed by atoms with Crippen molar-refractivity contribution in [3.8, 4) is 0 Å². The monoisotopic (exact) mass is 410 g/mol. The van der Waals surface area contributed by atoms with Gasteiger partial charge in [-0.25, -0.2) is 35.1 Å². The molecular weight excluding hydrogens is 410 g/mol. The molecule has 2 bridgehead atoms. The third kappa shape index (κ3) is 0.917. The van der Waals surface area contributed by atoms with Gasteiger partial charge in [0, 0.05) is 5.57 Å². The van der Waals surface area contributed by atoms with Crippen LogP contribution in [-0.2, 0) is 0 Å². The molecule has 1 spiro atoms. The molecule has 5 aliphatic rings. The molecule has 0 aromatic rings. The highest BCUT2D eigenvalue weighted by Crippen LogP contribution is 2.95. The number of rotatable bonds is 0. The minimum atomic E-state index is -6.98. The van der Waals surface area contributed by atoms with E-state index >= 15 is 0 Å². The Kier molecular flexibility index (Phi) is 2.39. The van der Waals surface area contributed by atoms with Crippen LogP contribution in [0.15, 0.2) is 23.1 Å². The summed E-state index contributed by atoms with van der Waals surface area (Å²) in [6, 6.07) is 0. The highest BCUT2D eigenvalue weighted by Gasteiger charge is 3.19. The Morgan fingerprint density at radius 2 is 0.962 bits per heavy atom. The summed E-state index contributed by atoms with van der Waals surface area (Å²) < 4.78 is 195. The molecule has 2 saturated carbocycles. The van der Waals surface area contributed by atoms with Crippen LogP contribution in [0.2, 0.25) is 0 Å². The van der Waals surface area contributed by atoms with E-state index in [-0.39, 0.29) is 0 Å². The molecule has 0 saturated heterocycles. The summed E-state index contributed by atoms with van der Waals surface area (Å²) in [4.78, 5) is 0. The highest BCUT2D eigenvalue weighted by molar-refractivity contribution is 5.73. The van der Waals surface area contributed by atoms with Gasteiger partial charge in [-0.3, -0.25) is 0 Å². The molecule has 0 unspecified atom stereocenters. The molecule has 5 aliphatic carbocycles. The van der Waals surface area contributed by atoms with Crippen molar-refractivity contribution in [3.05, 3.63) is 23.1 Å². The zero-order valence-electron chi connectivity index (χ0n) is 11.3. The van der Waals surface area contributed by atoms with Gasteiger partial charge < -0.3 is 0 Å². The number of fused-ring (bicyclic) bond motifs is 1. The normalized spacial score (nSPS) is 51.5. The summed E-state index contributed by atoms with van der Waals surface area (Å²) in [5.74, 6) is -37.9. The maximum absolute atomic E-state index is 14.7. The third-order valence-corrected chi connectivity index (χ3v) is 5.58. The fourth-order valence-electron chi connectivity index (χ4n) is 4.40. The number of alkyl halides is 11. The Labute approximate surface area is 132 Å². The summed E-state index contributed by atoms with van der Waals surface area (Å²) in [7, 11) is 0. The number of allylic oxidation sites excluding steroid dienone is 4. The zero-order chi connectivity index (χ0) is 20.3. The molecule has 0 aromatic heterocycles. The molecule has 0 N–H and O–H groups in total. The molecule has 26 heavy (non-hydrogen) atoms. The standard InChI is InChI=1S/C12F14/c13-2-1-5(16)3(14)4(15)7(17,12(25,26)10(5,21)22)6(1)9(20,8(2,18)19)11(6,23)24/t5-,6+,7-,9+/m0/s1. The van der Waals surface area contributed by atoms with E-state index in [1.54, 1.807) is 0 Å². The van der Waals surface area contributed by atoms with Crippen molar-refractivity contribution in [1.82, 2.24) is 0 Å². The number of halogens is 14. The lowest BCUT2D eigenvalue weighted by molar-refractivity contribution is -0.350. The zero-order valence-corrected chi connectivity index (χ0v) is 11.3. The lowest BCUT2D eigenvalue weighted by Gasteiger charge is -2.55. The van der Waals surface area contributed by atoms with Gasteiger partial charge in [-0.15, -0.1) is 0 Å². The largest absolute Gasteiger partial charge is 0.357 e. The van der Waals surface area contributed by atoms with Crippen molar-refractivity contribution in [3.63, 3.8) is 0 Å². The molecule has 5 rings (SSSR count). The first-order chi connectivity index (χ1) is 11.3. The summed E-state index contributed by atoms with van der Waals surface area (Å²) >= 11 is 0. The molecular formula is C12F14. The first-order valence-corrected chi connectivity index (χ1v) is 6.40. The van der Waals surface area contributed by atoms with Gasteiger partial charge in [0.1, 0.15) is 0 Å². The van der Waals surface area contributed by atoms with Gasteiger partial charge in [0.15, 0.2) is 22.9 Å². The lowest BCUT2D eigenvalue weighted by Crippen LogP contribution is -2.79. The molecule has 0 aromatic carbocycles. The predicted octanol–water partition coefficient (Wildman–Crippen LogP) is 5.07. The predicted molar refractivity (Wildman–Crippen MR) is 51.1 cm³/mol. The molecule has 0 radical (unpaired) electrons.